The number of ether oxygens (including phenoxy) is 1. The molecule has 1 aliphatic carbocycles. The number of halogens is 3. The van der Waals surface area contributed by atoms with Gasteiger partial charge in [0, 0.05) is 0 Å². The lowest BCUT2D eigenvalue weighted by molar-refractivity contribution is -0.634. The van der Waals surface area contributed by atoms with Crippen LogP contribution in [-0.4, -0.2) is 16.6 Å². The first-order valence-electron chi connectivity index (χ1n) is 11.9. The standard InChI is InChI=1S/C27H32F3N2O2/c1-17(2)21-13-12-18(3)14-24(21)34-25(33)16-32-23-11-6-5-10-22(23)31(4)26(32)19-8-7-9-20(15-19)27(28,29)30/h5-11,15,17-18,21,24H,12-14,16H2,1-4H3/q+1/t18-,21+,24-/m1/s1. The van der Waals surface area contributed by atoms with Crippen molar-refractivity contribution >= 4 is 17.0 Å². The maximum atomic E-state index is 13.4. The zero-order valence-electron chi connectivity index (χ0n) is 20.1. The second-order valence-corrected chi connectivity index (χ2v) is 9.89. The van der Waals surface area contributed by atoms with Gasteiger partial charge >= 0.3 is 12.1 Å². The Morgan fingerprint density at radius 1 is 1.15 bits per heavy atom. The van der Waals surface area contributed by atoms with Gasteiger partial charge in [0.15, 0.2) is 17.6 Å². The molecule has 3 aromatic rings. The number of aromatic nitrogens is 2. The Hall–Kier alpha value is -2.83. The van der Waals surface area contributed by atoms with E-state index in [0.29, 0.717) is 29.1 Å². The topological polar surface area (TPSA) is 35.1 Å². The number of hydrogen-bond donors (Lipinski definition) is 0. The van der Waals surface area contributed by atoms with Gasteiger partial charge in [-0.2, -0.15) is 13.2 Å². The third kappa shape index (κ3) is 4.84. The highest BCUT2D eigenvalue weighted by Gasteiger charge is 2.35. The Balaban J connectivity index is 1.71. The number of imidazole rings is 1. The van der Waals surface area contributed by atoms with E-state index in [4.69, 9.17) is 4.74 Å². The van der Waals surface area contributed by atoms with E-state index in [9.17, 15) is 18.0 Å². The highest BCUT2D eigenvalue weighted by Crippen LogP contribution is 2.36. The summed E-state index contributed by atoms with van der Waals surface area (Å²) in [7, 11) is 1.80. The van der Waals surface area contributed by atoms with Crippen LogP contribution in [0.25, 0.3) is 22.4 Å². The van der Waals surface area contributed by atoms with Crippen molar-refractivity contribution in [2.24, 2.45) is 24.8 Å². The fraction of sp³-hybridized carbons (Fsp3) is 0.481. The van der Waals surface area contributed by atoms with Crippen LogP contribution < -0.4 is 4.57 Å². The third-order valence-corrected chi connectivity index (χ3v) is 7.09. The first kappa shape index (κ1) is 24.3. The van der Waals surface area contributed by atoms with E-state index >= 15 is 0 Å². The molecule has 1 aromatic heterocycles. The smallest absolute Gasteiger partial charge is 0.416 e. The highest BCUT2D eigenvalue weighted by atomic mass is 19.4. The van der Waals surface area contributed by atoms with Gasteiger partial charge in [-0.15, -0.1) is 0 Å². The number of carbonyl (C=O) groups is 1. The molecule has 0 radical (unpaired) electrons. The summed E-state index contributed by atoms with van der Waals surface area (Å²) in [5, 5.41) is 0. The fourth-order valence-electron chi connectivity index (χ4n) is 5.31. The molecule has 2 aromatic carbocycles. The molecule has 0 saturated heterocycles. The largest absolute Gasteiger partial charge is 0.459 e. The molecule has 3 atom stereocenters. The molecule has 1 heterocycles. The Labute approximate surface area is 198 Å². The number of fused-ring (bicyclic) bond motifs is 1. The molecular weight excluding hydrogens is 441 g/mol. The van der Waals surface area contributed by atoms with Crippen LogP contribution >= 0.6 is 0 Å². The molecule has 1 aliphatic rings. The Morgan fingerprint density at radius 3 is 2.59 bits per heavy atom. The van der Waals surface area contributed by atoms with Gasteiger partial charge in [0.05, 0.1) is 18.2 Å². The van der Waals surface area contributed by atoms with Gasteiger partial charge in [-0.05, 0) is 60.9 Å². The predicted octanol–water partition coefficient (Wildman–Crippen LogP) is 6.16. The SMILES string of the molecule is CC(C)[C@@H]1CC[C@@H](C)C[C@H]1OC(=O)Cn1c(-c2cccc(C(F)(F)F)c2)[n+](C)c2ccccc21. The summed E-state index contributed by atoms with van der Waals surface area (Å²) in [6, 6.07) is 12.7. The number of hydrogen-bond acceptors (Lipinski definition) is 2. The average Bonchev–Trinajstić information content (AvgIpc) is 3.04. The summed E-state index contributed by atoms with van der Waals surface area (Å²) in [5.41, 5.74) is 1.27. The van der Waals surface area contributed by atoms with E-state index in [1.54, 1.807) is 17.7 Å². The van der Waals surface area contributed by atoms with Gasteiger partial charge < -0.3 is 4.74 Å². The maximum Gasteiger partial charge on any atom is 0.416 e. The number of carbonyl (C=O) groups excluding carboxylic acids is 1. The molecule has 4 nitrogen and oxygen atoms in total. The van der Waals surface area contributed by atoms with E-state index in [1.807, 2.05) is 28.8 Å². The Morgan fingerprint density at radius 2 is 1.88 bits per heavy atom. The fourth-order valence-corrected chi connectivity index (χ4v) is 5.31. The number of para-hydroxylation sites is 2. The molecule has 0 amide bonds. The number of benzene rings is 2. The van der Waals surface area contributed by atoms with Crippen molar-refractivity contribution in [3.8, 4) is 11.4 Å². The van der Waals surface area contributed by atoms with E-state index in [1.165, 1.54) is 6.07 Å². The number of esters is 1. The minimum Gasteiger partial charge on any atom is -0.459 e. The molecule has 0 unspecified atom stereocenters. The minimum absolute atomic E-state index is 0.0668. The summed E-state index contributed by atoms with van der Waals surface area (Å²) in [4.78, 5) is 13.2. The Bertz CT molecular complexity index is 1180. The zero-order chi connectivity index (χ0) is 24.6. The minimum atomic E-state index is -4.45. The normalized spacial score (nSPS) is 21.2. The number of alkyl halides is 3. The lowest BCUT2D eigenvalue weighted by atomic mass is 9.75. The molecule has 34 heavy (non-hydrogen) atoms. The monoisotopic (exact) mass is 473 g/mol. The van der Waals surface area contributed by atoms with Crippen LogP contribution in [0.3, 0.4) is 0 Å². The van der Waals surface area contributed by atoms with Gasteiger partial charge in [0.25, 0.3) is 5.82 Å². The molecule has 0 bridgehead atoms. The van der Waals surface area contributed by atoms with Crippen LogP contribution in [0.4, 0.5) is 13.2 Å². The molecule has 1 saturated carbocycles. The molecule has 0 aliphatic heterocycles. The number of nitrogens with zero attached hydrogens (tertiary/aromatic N) is 2. The summed E-state index contributed by atoms with van der Waals surface area (Å²) in [5.74, 6) is 1.40. The van der Waals surface area contributed by atoms with Crippen LogP contribution in [0.5, 0.6) is 0 Å². The van der Waals surface area contributed by atoms with E-state index in [2.05, 4.69) is 20.8 Å². The Kier molecular flexibility index (Phi) is 6.74. The predicted molar refractivity (Wildman–Crippen MR) is 125 cm³/mol. The van der Waals surface area contributed by atoms with Crippen molar-refractivity contribution in [1.29, 1.82) is 0 Å². The second-order valence-electron chi connectivity index (χ2n) is 9.89. The maximum absolute atomic E-state index is 13.4. The highest BCUT2D eigenvalue weighted by molar-refractivity contribution is 5.79. The summed E-state index contributed by atoms with van der Waals surface area (Å²) in [6.07, 6.45) is -1.57. The van der Waals surface area contributed by atoms with Gasteiger partial charge in [-0.1, -0.05) is 45.4 Å². The number of aryl methyl sites for hydroxylation is 1. The third-order valence-electron chi connectivity index (χ3n) is 7.09. The van der Waals surface area contributed by atoms with E-state index in [-0.39, 0.29) is 18.6 Å². The van der Waals surface area contributed by atoms with Gasteiger partial charge in [0.1, 0.15) is 6.10 Å². The average molecular weight is 474 g/mol. The molecule has 4 rings (SSSR count). The number of rotatable bonds is 5. The van der Waals surface area contributed by atoms with E-state index < -0.39 is 11.7 Å². The quantitative estimate of drug-likeness (QED) is 0.329. The first-order chi connectivity index (χ1) is 16.1. The lowest BCUT2D eigenvalue weighted by Crippen LogP contribution is -2.37. The van der Waals surface area contributed by atoms with Crippen LogP contribution in [0.2, 0.25) is 0 Å². The van der Waals surface area contributed by atoms with Crippen molar-refractivity contribution in [2.45, 2.75) is 58.9 Å². The van der Waals surface area contributed by atoms with Crippen molar-refractivity contribution in [3.05, 3.63) is 54.1 Å². The zero-order valence-corrected chi connectivity index (χ0v) is 20.1. The van der Waals surface area contributed by atoms with Crippen LogP contribution in [0.1, 0.15) is 45.6 Å². The van der Waals surface area contributed by atoms with Gasteiger partial charge in [-0.25, -0.2) is 13.9 Å². The summed E-state index contributed by atoms with van der Waals surface area (Å²) in [6.45, 7) is 6.44. The van der Waals surface area contributed by atoms with Crippen molar-refractivity contribution in [3.63, 3.8) is 0 Å². The first-order valence-corrected chi connectivity index (χ1v) is 11.9. The molecule has 0 N–H and O–H groups in total. The van der Waals surface area contributed by atoms with Gasteiger partial charge in [0.2, 0.25) is 0 Å². The molecule has 0 spiro atoms. The second kappa shape index (κ2) is 9.43. The van der Waals surface area contributed by atoms with Gasteiger partial charge in [-0.3, -0.25) is 0 Å². The van der Waals surface area contributed by atoms with Crippen LogP contribution in [0, 0.1) is 17.8 Å². The summed E-state index contributed by atoms with van der Waals surface area (Å²) < 4.78 is 49.8. The molecular formula is C27H32F3N2O2+. The molecule has 7 heteroatoms. The van der Waals surface area contributed by atoms with E-state index in [0.717, 1.165) is 42.4 Å². The van der Waals surface area contributed by atoms with Crippen molar-refractivity contribution in [1.82, 2.24) is 4.57 Å². The van der Waals surface area contributed by atoms with Crippen molar-refractivity contribution in [2.75, 3.05) is 0 Å². The summed E-state index contributed by atoms with van der Waals surface area (Å²) >= 11 is 0. The molecule has 182 valence electrons. The van der Waals surface area contributed by atoms with Crippen LogP contribution in [0.15, 0.2) is 48.5 Å². The van der Waals surface area contributed by atoms with Crippen LogP contribution in [-0.2, 0) is 29.3 Å². The van der Waals surface area contributed by atoms with Crippen molar-refractivity contribution < 1.29 is 27.3 Å². The lowest BCUT2D eigenvalue weighted by Gasteiger charge is -2.36. The molecule has 1 fully saturated rings.